The largest absolute Gasteiger partial charge is 0.399 e. The number of nitrogens with two attached hydrogens (primary N) is 1. The average molecular weight is 307 g/mol. The molecule has 0 saturated carbocycles. The minimum atomic E-state index is -0.150. The van der Waals surface area contributed by atoms with E-state index < -0.39 is 0 Å². The fourth-order valence-corrected chi connectivity index (χ4v) is 2.34. The third kappa shape index (κ3) is 3.34. The zero-order valence-electron chi connectivity index (χ0n) is 13.6. The number of aromatic nitrogens is 3. The number of anilines is 3. The van der Waals surface area contributed by atoms with Gasteiger partial charge in [-0.05, 0) is 45.0 Å². The Bertz CT molecular complexity index is 783. The molecule has 0 aliphatic rings. The minimum absolute atomic E-state index is 0.150. The lowest BCUT2D eigenvalue weighted by molar-refractivity contribution is 0.362. The second-order valence-electron chi connectivity index (χ2n) is 6.46. The van der Waals surface area contributed by atoms with Crippen LogP contribution in [0.1, 0.15) is 20.8 Å². The molecule has 0 saturated heterocycles. The Morgan fingerprint density at radius 2 is 1.78 bits per heavy atom. The first kappa shape index (κ1) is 15.1. The van der Waals surface area contributed by atoms with E-state index in [0.717, 1.165) is 28.6 Å². The molecule has 0 spiro atoms. The van der Waals surface area contributed by atoms with Crippen LogP contribution in [0.3, 0.4) is 0 Å². The summed E-state index contributed by atoms with van der Waals surface area (Å²) in [5, 5.41) is 8.11. The standard InChI is InChI=1S/C18H21N5/c1-18(2,3)23-17(21-16-6-4-5-11-20-16)12-15(22-23)13-7-9-14(19)10-8-13/h4-12H,19H2,1-3H3,(H,20,21). The topological polar surface area (TPSA) is 68.8 Å². The molecule has 1 aromatic carbocycles. The van der Waals surface area contributed by atoms with Gasteiger partial charge in [0.2, 0.25) is 0 Å². The zero-order valence-corrected chi connectivity index (χ0v) is 13.6. The summed E-state index contributed by atoms with van der Waals surface area (Å²) < 4.78 is 1.98. The van der Waals surface area contributed by atoms with Gasteiger partial charge >= 0.3 is 0 Å². The van der Waals surface area contributed by atoms with Gasteiger partial charge in [0.1, 0.15) is 11.6 Å². The van der Waals surface area contributed by atoms with E-state index in [9.17, 15) is 0 Å². The molecule has 0 aliphatic carbocycles. The van der Waals surface area contributed by atoms with Crippen molar-refractivity contribution in [1.82, 2.24) is 14.8 Å². The molecule has 0 aliphatic heterocycles. The van der Waals surface area contributed by atoms with Crippen LogP contribution < -0.4 is 11.1 Å². The van der Waals surface area contributed by atoms with Crippen LogP contribution in [0.2, 0.25) is 0 Å². The second kappa shape index (κ2) is 5.76. The Balaban J connectivity index is 2.02. The molecule has 0 radical (unpaired) electrons. The molecule has 0 amide bonds. The average Bonchev–Trinajstić information content (AvgIpc) is 2.93. The molecule has 5 nitrogen and oxygen atoms in total. The van der Waals surface area contributed by atoms with Gasteiger partial charge in [-0.25, -0.2) is 9.67 Å². The van der Waals surface area contributed by atoms with Crippen LogP contribution in [0.15, 0.2) is 54.7 Å². The lowest BCUT2D eigenvalue weighted by Gasteiger charge is -2.22. The maximum atomic E-state index is 5.77. The van der Waals surface area contributed by atoms with Crippen LogP contribution in [-0.4, -0.2) is 14.8 Å². The van der Waals surface area contributed by atoms with Crippen molar-refractivity contribution in [2.24, 2.45) is 0 Å². The van der Waals surface area contributed by atoms with Crippen LogP contribution in [0, 0.1) is 0 Å². The number of nitrogens with one attached hydrogen (secondary N) is 1. The normalized spacial score (nSPS) is 11.4. The van der Waals surface area contributed by atoms with Crippen molar-refractivity contribution in [3.8, 4) is 11.3 Å². The third-order valence-electron chi connectivity index (χ3n) is 3.47. The quantitative estimate of drug-likeness (QED) is 0.717. The molecule has 23 heavy (non-hydrogen) atoms. The highest BCUT2D eigenvalue weighted by molar-refractivity contribution is 5.67. The van der Waals surface area contributed by atoms with E-state index in [1.54, 1.807) is 6.20 Å². The number of pyridine rings is 1. The van der Waals surface area contributed by atoms with Crippen LogP contribution in [0.25, 0.3) is 11.3 Å². The number of nitrogen functional groups attached to an aromatic ring is 1. The van der Waals surface area contributed by atoms with E-state index in [1.807, 2.05) is 53.2 Å². The summed E-state index contributed by atoms with van der Waals surface area (Å²) in [6, 6.07) is 15.5. The summed E-state index contributed by atoms with van der Waals surface area (Å²) in [6.45, 7) is 6.36. The fourth-order valence-electron chi connectivity index (χ4n) is 2.34. The number of hydrogen-bond donors (Lipinski definition) is 2. The van der Waals surface area contributed by atoms with Crippen molar-refractivity contribution in [3.05, 3.63) is 54.7 Å². The van der Waals surface area contributed by atoms with Crippen molar-refractivity contribution in [2.45, 2.75) is 26.3 Å². The highest BCUT2D eigenvalue weighted by Crippen LogP contribution is 2.29. The van der Waals surface area contributed by atoms with Gasteiger partial charge in [-0.1, -0.05) is 18.2 Å². The Kier molecular flexibility index (Phi) is 3.78. The second-order valence-corrected chi connectivity index (χ2v) is 6.46. The van der Waals surface area contributed by atoms with Crippen molar-refractivity contribution >= 4 is 17.3 Å². The first-order chi connectivity index (χ1) is 10.9. The molecule has 3 N–H and O–H groups in total. The van der Waals surface area contributed by atoms with Crippen LogP contribution >= 0.6 is 0 Å². The van der Waals surface area contributed by atoms with Gasteiger partial charge in [-0.2, -0.15) is 5.10 Å². The van der Waals surface area contributed by atoms with Gasteiger partial charge in [0, 0.05) is 23.5 Å². The molecule has 3 rings (SSSR count). The van der Waals surface area contributed by atoms with Crippen molar-refractivity contribution < 1.29 is 0 Å². The van der Waals surface area contributed by atoms with Crippen LogP contribution in [0.5, 0.6) is 0 Å². The molecule has 2 aromatic heterocycles. The lowest BCUT2D eigenvalue weighted by Crippen LogP contribution is -2.24. The molecule has 118 valence electrons. The van der Waals surface area contributed by atoms with E-state index in [1.165, 1.54) is 0 Å². The molecule has 0 unspecified atom stereocenters. The number of nitrogens with zero attached hydrogens (tertiary/aromatic N) is 3. The summed E-state index contributed by atoms with van der Waals surface area (Å²) >= 11 is 0. The predicted molar refractivity (Wildman–Crippen MR) is 94.6 cm³/mol. The monoisotopic (exact) mass is 307 g/mol. The number of benzene rings is 1. The Morgan fingerprint density at radius 3 is 2.39 bits per heavy atom. The Hall–Kier alpha value is -2.82. The molecule has 3 aromatic rings. The van der Waals surface area contributed by atoms with Gasteiger partial charge < -0.3 is 11.1 Å². The smallest absolute Gasteiger partial charge is 0.131 e. The minimum Gasteiger partial charge on any atom is -0.399 e. The lowest BCUT2D eigenvalue weighted by atomic mass is 10.1. The van der Waals surface area contributed by atoms with Gasteiger partial charge in [-0.15, -0.1) is 0 Å². The van der Waals surface area contributed by atoms with E-state index in [4.69, 9.17) is 10.8 Å². The molecule has 5 heteroatoms. The summed E-state index contributed by atoms with van der Waals surface area (Å²) in [7, 11) is 0. The highest BCUT2D eigenvalue weighted by atomic mass is 15.4. The zero-order chi connectivity index (χ0) is 16.4. The molecular weight excluding hydrogens is 286 g/mol. The molecule has 0 fully saturated rings. The van der Waals surface area contributed by atoms with Gasteiger partial charge in [0.05, 0.1) is 11.2 Å². The maximum absolute atomic E-state index is 5.77. The van der Waals surface area contributed by atoms with E-state index in [2.05, 4.69) is 31.1 Å². The van der Waals surface area contributed by atoms with Gasteiger partial charge in [0.15, 0.2) is 0 Å². The van der Waals surface area contributed by atoms with Crippen molar-refractivity contribution in [1.29, 1.82) is 0 Å². The SMILES string of the molecule is CC(C)(C)n1nc(-c2ccc(N)cc2)cc1Nc1ccccn1. The Morgan fingerprint density at radius 1 is 1.04 bits per heavy atom. The molecular formula is C18H21N5. The third-order valence-corrected chi connectivity index (χ3v) is 3.47. The summed E-state index contributed by atoms with van der Waals surface area (Å²) in [6.07, 6.45) is 1.76. The van der Waals surface area contributed by atoms with Gasteiger partial charge in [-0.3, -0.25) is 0 Å². The summed E-state index contributed by atoms with van der Waals surface area (Å²) in [4.78, 5) is 4.32. The van der Waals surface area contributed by atoms with E-state index in [0.29, 0.717) is 0 Å². The summed E-state index contributed by atoms with van der Waals surface area (Å²) in [5.41, 5.74) is 8.30. The first-order valence-corrected chi connectivity index (χ1v) is 7.58. The first-order valence-electron chi connectivity index (χ1n) is 7.58. The molecule has 0 atom stereocenters. The van der Waals surface area contributed by atoms with Crippen LogP contribution in [-0.2, 0) is 5.54 Å². The van der Waals surface area contributed by atoms with E-state index in [-0.39, 0.29) is 5.54 Å². The number of hydrogen-bond acceptors (Lipinski definition) is 4. The molecule has 0 bridgehead atoms. The Labute approximate surface area is 136 Å². The molecule has 2 heterocycles. The summed E-state index contributed by atoms with van der Waals surface area (Å²) in [5.74, 6) is 1.70. The number of rotatable bonds is 3. The maximum Gasteiger partial charge on any atom is 0.131 e. The van der Waals surface area contributed by atoms with Gasteiger partial charge in [0.25, 0.3) is 0 Å². The highest BCUT2D eigenvalue weighted by Gasteiger charge is 2.20. The van der Waals surface area contributed by atoms with Crippen molar-refractivity contribution in [2.75, 3.05) is 11.1 Å². The van der Waals surface area contributed by atoms with Crippen molar-refractivity contribution in [3.63, 3.8) is 0 Å². The fraction of sp³-hybridized carbons (Fsp3) is 0.222. The van der Waals surface area contributed by atoms with Crippen LogP contribution in [0.4, 0.5) is 17.3 Å². The predicted octanol–water partition coefficient (Wildman–Crippen LogP) is 4.03. The van der Waals surface area contributed by atoms with E-state index >= 15 is 0 Å².